The Bertz CT molecular complexity index is 2720. The fraction of sp³-hybridized carbons (Fsp3) is 0.0392. The van der Waals surface area contributed by atoms with Crippen LogP contribution in [0.1, 0.15) is 38.9 Å². The topological polar surface area (TPSA) is 30.3 Å². The highest BCUT2D eigenvalue weighted by molar-refractivity contribution is 5.90. The van der Waals surface area contributed by atoms with E-state index in [0.717, 1.165) is 50.5 Å². The van der Waals surface area contributed by atoms with Gasteiger partial charge in [0.15, 0.2) is 5.60 Å². The molecule has 1 aromatic heterocycles. The molecule has 0 unspecified atom stereocenters. The van der Waals surface area contributed by atoms with Gasteiger partial charge in [-0.1, -0.05) is 170 Å². The monoisotopic (exact) mass is 705 g/mol. The molecular formula is C51H35N3O. The Balaban J connectivity index is 1.23. The molecule has 2 aliphatic rings. The van der Waals surface area contributed by atoms with E-state index in [9.17, 15) is 0 Å². The molecule has 4 heteroatoms. The zero-order valence-electron chi connectivity index (χ0n) is 30.0. The van der Waals surface area contributed by atoms with Gasteiger partial charge in [-0.25, -0.2) is 0 Å². The molecule has 3 heterocycles. The molecule has 0 bridgehead atoms. The van der Waals surface area contributed by atoms with Crippen LogP contribution in [0.4, 0.5) is 17.1 Å². The second kappa shape index (κ2) is 12.2. The summed E-state index contributed by atoms with van der Waals surface area (Å²) in [5.41, 5.74) is 12.7. The maximum atomic E-state index is 7.37. The summed E-state index contributed by atoms with van der Waals surface area (Å²) in [5, 5.41) is 0. The van der Waals surface area contributed by atoms with Gasteiger partial charge < -0.3 is 9.64 Å². The minimum absolute atomic E-state index is 0.550. The zero-order valence-corrected chi connectivity index (χ0v) is 30.0. The molecule has 0 N–H and O–H groups in total. The molecule has 2 aliphatic heterocycles. The summed E-state index contributed by atoms with van der Waals surface area (Å²) in [6.07, 6.45) is 0. The number of aromatic nitrogens is 2. The summed E-state index contributed by atoms with van der Waals surface area (Å²) in [6, 6.07) is 76.6. The van der Waals surface area contributed by atoms with Gasteiger partial charge in [-0.05, 0) is 64.7 Å². The standard InChI is InChI=1S/C51H35N3O/c1-5-19-36(20-6-1)50(37-21-7-2-8-22-37)41-27-13-16-30-45(41)53(46-31-17-14-28-42(46)50)40-33-34-47-43(35-40)51(38-23-9-3-10-24-38,39-25-11-4-12-26-39)55-49-52-44-29-15-18-32-48(44)54(47)49/h1-35H. The van der Waals surface area contributed by atoms with Crippen molar-refractivity contribution < 1.29 is 4.74 Å². The van der Waals surface area contributed by atoms with Crippen LogP contribution in [0, 0.1) is 0 Å². The highest BCUT2D eigenvalue weighted by Crippen LogP contribution is 2.58. The van der Waals surface area contributed by atoms with E-state index in [1.807, 2.05) is 6.07 Å². The van der Waals surface area contributed by atoms with E-state index >= 15 is 0 Å². The van der Waals surface area contributed by atoms with Crippen molar-refractivity contribution in [1.82, 2.24) is 9.55 Å². The number of para-hydroxylation sites is 4. The van der Waals surface area contributed by atoms with Crippen LogP contribution < -0.4 is 9.64 Å². The Kier molecular flexibility index (Phi) is 6.95. The van der Waals surface area contributed by atoms with Gasteiger partial charge in [-0.3, -0.25) is 4.57 Å². The van der Waals surface area contributed by atoms with Gasteiger partial charge in [0.25, 0.3) is 0 Å². The molecule has 0 saturated carbocycles. The normalized spacial score (nSPS) is 14.6. The first-order valence-electron chi connectivity index (χ1n) is 18.8. The fourth-order valence-electron chi connectivity index (χ4n) is 9.27. The quantitative estimate of drug-likeness (QED) is 0.179. The molecule has 4 nitrogen and oxygen atoms in total. The summed E-state index contributed by atoms with van der Waals surface area (Å²) >= 11 is 0. The van der Waals surface area contributed by atoms with Gasteiger partial charge >= 0.3 is 6.01 Å². The highest BCUT2D eigenvalue weighted by Gasteiger charge is 2.49. The van der Waals surface area contributed by atoms with Crippen molar-refractivity contribution in [3.05, 3.63) is 251 Å². The summed E-state index contributed by atoms with van der Waals surface area (Å²) in [6.45, 7) is 0. The van der Waals surface area contributed by atoms with Gasteiger partial charge in [-0.2, -0.15) is 4.98 Å². The van der Waals surface area contributed by atoms with Crippen LogP contribution in [0.2, 0.25) is 0 Å². The summed E-state index contributed by atoms with van der Waals surface area (Å²) in [7, 11) is 0. The fourth-order valence-corrected chi connectivity index (χ4v) is 9.27. The summed E-state index contributed by atoms with van der Waals surface area (Å²) in [4.78, 5) is 7.52. The largest absolute Gasteiger partial charge is 0.443 e. The highest BCUT2D eigenvalue weighted by atomic mass is 16.5. The van der Waals surface area contributed by atoms with Crippen LogP contribution in [0.3, 0.4) is 0 Å². The Hall–Kier alpha value is -7.17. The predicted molar refractivity (Wildman–Crippen MR) is 221 cm³/mol. The van der Waals surface area contributed by atoms with Crippen molar-refractivity contribution >= 4 is 28.1 Å². The third-order valence-electron chi connectivity index (χ3n) is 11.5. The van der Waals surface area contributed by atoms with E-state index in [1.54, 1.807) is 0 Å². The minimum Gasteiger partial charge on any atom is -0.443 e. The number of fused-ring (bicyclic) bond motifs is 7. The van der Waals surface area contributed by atoms with Gasteiger partial charge in [-0.15, -0.1) is 0 Å². The van der Waals surface area contributed by atoms with Crippen LogP contribution in [0.25, 0.3) is 16.7 Å². The molecule has 0 spiro atoms. The Labute approximate surface area is 320 Å². The molecule has 0 saturated heterocycles. The minimum atomic E-state index is -0.988. The number of rotatable bonds is 5. The van der Waals surface area contributed by atoms with Crippen LogP contribution >= 0.6 is 0 Å². The number of hydrogen-bond acceptors (Lipinski definition) is 3. The van der Waals surface area contributed by atoms with Crippen molar-refractivity contribution in [1.29, 1.82) is 0 Å². The van der Waals surface area contributed by atoms with E-state index in [-0.39, 0.29) is 0 Å². The molecule has 55 heavy (non-hydrogen) atoms. The molecule has 0 fully saturated rings. The van der Waals surface area contributed by atoms with E-state index in [0.29, 0.717) is 6.01 Å². The SMILES string of the molecule is c1ccc(C2(c3ccccc3)Oc3nc4ccccc4n3-c3ccc(N4c5ccccc5C(c5ccccc5)(c5ccccc5)c5ccccc54)cc32)cc1. The van der Waals surface area contributed by atoms with E-state index < -0.39 is 11.0 Å². The molecule has 8 aromatic carbocycles. The Morgan fingerprint density at radius 3 is 1.44 bits per heavy atom. The lowest BCUT2D eigenvalue weighted by Crippen LogP contribution is -2.41. The lowest BCUT2D eigenvalue weighted by molar-refractivity contribution is 0.128. The molecule has 260 valence electrons. The van der Waals surface area contributed by atoms with Crippen LogP contribution in [-0.4, -0.2) is 9.55 Å². The van der Waals surface area contributed by atoms with Crippen molar-refractivity contribution in [2.45, 2.75) is 11.0 Å². The first-order valence-corrected chi connectivity index (χ1v) is 18.8. The first-order chi connectivity index (χ1) is 27.3. The second-order valence-electron chi connectivity index (χ2n) is 14.3. The Morgan fingerprint density at radius 1 is 0.400 bits per heavy atom. The number of anilines is 3. The van der Waals surface area contributed by atoms with Crippen molar-refractivity contribution in [3.63, 3.8) is 0 Å². The average Bonchev–Trinajstić information content (AvgIpc) is 3.64. The molecule has 0 aliphatic carbocycles. The van der Waals surface area contributed by atoms with E-state index in [4.69, 9.17) is 9.72 Å². The van der Waals surface area contributed by atoms with Gasteiger partial charge in [0, 0.05) is 22.4 Å². The maximum absolute atomic E-state index is 7.37. The summed E-state index contributed by atoms with van der Waals surface area (Å²) < 4.78 is 9.54. The maximum Gasteiger partial charge on any atom is 0.303 e. The van der Waals surface area contributed by atoms with E-state index in [2.05, 4.69) is 216 Å². The Morgan fingerprint density at radius 2 is 0.873 bits per heavy atom. The molecule has 0 amide bonds. The van der Waals surface area contributed by atoms with Crippen molar-refractivity contribution in [2.75, 3.05) is 4.90 Å². The smallest absolute Gasteiger partial charge is 0.303 e. The predicted octanol–water partition coefficient (Wildman–Crippen LogP) is 11.9. The third kappa shape index (κ3) is 4.43. The lowest BCUT2D eigenvalue weighted by atomic mass is 9.62. The van der Waals surface area contributed by atoms with Gasteiger partial charge in [0.05, 0.1) is 33.5 Å². The van der Waals surface area contributed by atoms with Crippen molar-refractivity contribution in [3.8, 4) is 11.7 Å². The van der Waals surface area contributed by atoms with Crippen LogP contribution in [-0.2, 0) is 11.0 Å². The number of hydrogen-bond donors (Lipinski definition) is 0. The van der Waals surface area contributed by atoms with Crippen LogP contribution in [0.5, 0.6) is 6.01 Å². The first kappa shape index (κ1) is 31.4. The number of benzene rings is 8. The third-order valence-corrected chi connectivity index (χ3v) is 11.5. The van der Waals surface area contributed by atoms with Gasteiger partial charge in [0.2, 0.25) is 0 Å². The van der Waals surface area contributed by atoms with Crippen LogP contribution in [0.15, 0.2) is 212 Å². The number of nitrogens with zero attached hydrogens (tertiary/aromatic N) is 3. The van der Waals surface area contributed by atoms with E-state index in [1.165, 1.54) is 22.3 Å². The second-order valence-corrected chi connectivity index (χ2v) is 14.3. The lowest BCUT2D eigenvalue weighted by Gasteiger charge is -2.47. The molecule has 11 rings (SSSR count). The van der Waals surface area contributed by atoms with Gasteiger partial charge in [0.1, 0.15) is 0 Å². The summed E-state index contributed by atoms with van der Waals surface area (Å²) in [5.74, 6) is 0. The molecule has 0 radical (unpaired) electrons. The number of ether oxygens (including phenoxy) is 1. The average molecular weight is 706 g/mol. The molecule has 0 atom stereocenters. The van der Waals surface area contributed by atoms with Crippen molar-refractivity contribution in [2.24, 2.45) is 0 Å². The number of imidazole rings is 1. The molecular weight excluding hydrogens is 671 g/mol. The molecule has 9 aromatic rings. The zero-order chi connectivity index (χ0) is 36.4.